The zero-order valence-corrected chi connectivity index (χ0v) is 12.4. The summed E-state index contributed by atoms with van der Waals surface area (Å²) in [5.74, 6) is -0.0285. The van der Waals surface area contributed by atoms with Crippen LogP contribution in [0, 0.1) is 6.92 Å². The quantitative estimate of drug-likeness (QED) is 0.883. The van der Waals surface area contributed by atoms with Gasteiger partial charge in [0.05, 0.1) is 0 Å². The minimum atomic E-state index is -0.303. The van der Waals surface area contributed by atoms with E-state index >= 15 is 0 Å². The van der Waals surface area contributed by atoms with Crippen LogP contribution in [-0.2, 0) is 4.79 Å². The Morgan fingerprint density at radius 3 is 2.44 bits per heavy atom. The van der Waals surface area contributed by atoms with Crippen LogP contribution in [0.3, 0.4) is 0 Å². The van der Waals surface area contributed by atoms with Gasteiger partial charge in [-0.15, -0.1) is 0 Å². The minimum absolute atomic E-state index is 0.0285. The molecule has 0 aromatic heterocycles. The summed E-state index contributed by atoms with van der Waals surface area (Å²) in [6.45, 7) is 9.65. The second-order valence-electron chi connectivity index (χ2n) is 5.57. The molecule has 0 heterocycles. The van der Waals surface area contributed by atoms with Gasteiger partial charge in [-0.1, -0.05) is 17.7 Å². The number of hydrogen-bond acceptors (Lipinski definition) is 2. The highest BCUT2D eigenvalue weighted by atomic mass is 35.5. The van der Waals surface area contributed by atoms with Crippen molar-refractivity contribution in [1.82, 2.24) is 5.32 Å². The summed E-state index contributed by atoms with van der Waals surface area (Å²) < 4.78 is 0. The van der Waals surface area contributed by atoms with E-state index in [1.807, 2.05) is 52.8 Å². The first-order valence-electron chi connectivity index (χ1n) is 6.04. The predicted octanol–water partition coefficient (Wildman–Crippen LogP) is 3.36. The molecule has 0 aliphatic carbocycles. The van der Waals surface area contributed by atoms with Crippen LogP contribution in [-0.4, -0.2) is 17.5 Å². The average Bonchev–Trinajstić information content (AvgIpc) is 2.21. The van der Waals surface area contributed by atoms with Crippen LogP contribution in [0.1, 0.15) is 33.3 Å². The molecule has 0 unspecified atom stereocenters. The Balaban J connectivity index is 2.66. The Kier molecular flexibility index (Phi) is 4.63. The van der Waals surface area contributed by atoms with Gasteiger partial charge in [-0.2, -0.15) is 0 Å². The summed E-state index contributed by atoms with van der Waals surface area (Å²) >= 11 is 6.04. The van der Waals surface area contributed by atoms with Crippen molar-refractivity contribution in [3.63, 3.8) is 0 Å². The maximum Gasteiger partial charge on any atom is 0.242 e. The van der Waals surface area contributed by atoms with Crippen LogP contribution in [0.25, 0.3) is 0 Å². The molecule has 1 rings (SSSR count). The highest BCUT2D eigenvalue weighted by molar-refractivity contribution is 6.31. The monoisotopic (exact) mass is 268 g/mol. The molecule has 0 spiro atoms. The number of aryl methyl sites for hydroxylation is 1. The number of carbonyl (C=O) groups excluding carboxylic acids is 1. The molecule has 1 aromatic carbocycles. The molecule has 0 aliphatic heterocycles. The molecule has 18 heavy (non-hydrogen) atoms. The molecule has 1 aromatic rings. The van der Waals surface area contributed by atoms with Crippen LogP contribution in [0.4, 0.5) is 5.69 Å². The van der Waals surface area contributed by atoms with Gasteiger partial charge in [-0.25, -0.2) is 0 Å². The lowest BCUT2D eigenvalue weighted by Gasteiger charge is -2.24. The van der Waals surface area contributed by atoms with E-state index in [0.29, 0.717) is 5.02 Å². The number of amides is 1. The van der Waals surface area contributed by atoms with Crippen molar-refractivity contribution < 1.29 is 4.79 Å². The van der Waals surface area contributed by atoms with Crippen molar-refractivity contribution in [2.24, 2.45) is 0 Å². The summed E-state index contributed by atoms with van der Waals surface area (Å²) in [6.07, 6.45) is 0. The van der Waals surface area contributed by atoms with E-state index in [-0.39, 0.29) is 17.5 Å². The van der Waals surface area contributed by atoms with Gasteiger partial charge in [0, 0.05) is 16.2 Å². The molecule has 1 amide bonds. The average molecular weight is 269 g/mol. The molecular weight excluding hydrogens is 248 g/mol. The van der Waals surface area contributed by atoms with Crippen LogP contribution >= 0.6 is 11.6 Å². The number of benzene rings is 1. The highest BCUT2D eigenvalue weighted by Gasteiger charge is 2.19. The first kappa shape index (κ1) is 14.8. The number of hydrogen-bond donors (Lipinski definition) is 2. The first-order valence-corrected chi connectivity index (χ1v) is 6.41. The predicted molar refractivity (Wildman–Crippen MR) is 77.2 cm³/mol. The molecule has 100 valence electrons. The molecule has 0 radical (unpaired) electrons. The molecule has 2 N–H and O–H groups in total. The Morgan fingerprint density at radius 1 is 1.33 bits per heavy atom. The number of nitrogens with one attached hydrogen (secondary N) is 2. The largest absolute Gasteiger partial charge is 0.374 e. The zero-order valence-electron chi connectivity index (χ0n) is 11.6. The summed E-state index contributed by atoms with van der Waals surface area (Å²) in [5, 5.41) is 6.76. The van der Waals surface area contributed by atoms with Crippen molar-refractivity contribution >= 4 is 23.2 Å². The van der Waals surface area contributed by atoms with Gasteiger partial charge >= 0.3 is 0 Å². The number of carbonyl (C=O) groups is 1. The summed E-state index contributed by atoms with van der Waals surface area (Å²) in [6, 6.07) is 5.38. The lowest BCUT2D eigenvalue weighted by molar-refractivity contribution is -0.122. The fraction of sp³-hybridized carbons (Fsp3) is 0.500. The topological polar surface area (TPSA) is 41.1 Å². The van der Waals surface area contributed by atoms with E-state index < -0.39 is 0 Å². The lowest BCUT2D eigenvalue weighted by Crippen LogP contribution is -2.47. The van der Waals surface area contributed by atoms with Gasteiger partial charge < -0.3 is 10.6 Å². The molecule has 0 bridgehead atoms. The molecular formula is C14H21ClN2O. The van der Waals surface area contributed by atoms with Gasteiger partial charge in [0.1, 0.15) is 6.04 Å². The van der Waals surface area contributed by atoms with Crippen molar-refractivity contribution in [3.05, 3.63) is 28.8 Å². The molecule has 0 saturated carbocycles. The van der Waals surface area contributed by atoms with Gasteiger partial charge in [-0.05, 0) is 52.3 Å². The fourth-order valence-electron chi connectivity index (χ4n) is 1.48. The maximum atomic E-state index is 11.9. The molecule has 0 saturated heterocycles. The third-order valence-electron chi connectivity index (χ3n) is 2.45. The Labute approximate surface area is 114 Å². The SMILES string of the molecule is Cc1ccc(N[C@@H](C)C(=O)NC(C)(C)C)cc1Cl. The van der Waals surface area contributed by atoms with E-state index in [4.69, 9.17) is 11.6 Å². The Hall–Kier alpha value is -1.22. The third kappa shape index (κ3) is 4.57. The summed E-state index contributed by atoms with van der Waals surface area (Å²) in [4.78, 5) is 11.9. The second-order valence-corrected chi connectivity index (χ2v) is 5.98. The van der Waals surface area contributed by atoms with E-state index in [1.54, 1.807) is 0 Å². The normalized spacial score (nSPS) is 13.0. The highest BCUT2D eigenvalue weighted by Crippen LogP contribution is 2.20. The lowest BCUT2D eigenvalue weighted by atomic mass is 10.1. The number of anilines is 1. The maximum absolute atomic E-state index is 11.9. The number of halogens is 1. The zero-order chi connectivity index (χ0) is 13.9. The molecule has 3 nitrogen and oxygen atoms in total. The molecule has 4 heteroatoms. The van der Waals surface area contributed by atoms with Gasteiger partial charge in [0.2, 0.25) is 5.91 Å². The Bertz CT molecular complexity index is 438. The number of rotatable bonds is 3. The van der Waals surface area contributed by atoms with Crippen molar-refractivity contribution in [2.75, 3.05) is 5.32 Å². The summed E-state index contributed by atoms with van der Waals surface area (Å²) in [5.41, 5.74) is 1.65. The van der Waals surface area contributed by atoms with Gasteiger partial charge in [0.25, 0.3) is 0 Å². The molecule has 0 fully saturated rings. The first-order chi connectivity index (χ1) is 8.19. The molecule has 1 atom stereocenters. The van der Waals surface area contributed by atoms with Gasteiger partial charge in [-0.3, -0.25) is 4.79 Å². The van der Waals surface area contributed by atoms with Crippen LogP contribution in [0.15, 0.2) is 18.2 Å². The smallest absolute Gasteiger partial charge is 0.242 e. The van der Waals surface area contributed by atoms with Crippen molar-refractivity contribution in [1.29, 1.82) is 0 Å². The van der Waals surface area contributed by atoms with Gasteiger partial charge in [0.15, 0.2) is 0 Å². The second kappa shape index (κ2) is 5.61. The van der Waals surface area contributed by atoms with Crippen molar-refractivity contribution in [2.45, 2.75) is 46.2 Å². The molecule has 0 aliphatic rings. The summed E-state index contributed by atoms with van der Waals surface area (Å²) in [7, 11) is 0. The third-order valence-corrected chi connectivity index (χ3v) is 2.85. The van der Waals surface area contributed by atoms with Crippen LogP contribution in [0.2, 0.25) is 5.02 Å². The minimum Gasteiger partial charge on any atom is -0.374 e. The van der Waals surface area contributed by atoms with E-state index in [9.17, 15) is 4.79 Å². The van der Waals surface area contributed by atoms with E-state index in [1.165, 1.54) is 0 Å². The van der Waals surface area contributed by atoms with Crippen LogP contribution in [0.5, 0.6) is 0 Å². The van der Waals surface area contributed by atoms with E-state index in [0.717, 1.165) is 11.3 Å². The van der Waals surface area contributed by atoms with Crippen LogP contribution < -0.4 is 10.6 Å². The standard InChI is InChI=1S/C14H21ClN2O/c1-9-6-7-11(8-12(9)15)16-10(2)13(18)17-14(3,4)5/h6-8,10,16H,1-5H3,(H,17,18)/t10-/m0/s1. The van der Waals surface area contributed by atoms with E-state index in [2.05, 4.69) is 10.6 Å². The van der Waals surface area contributed by atoms with Crippen molar-refractivity contribution in [3.8, 4) is 0 Å². The Morgan fingerprint density at radius 2 is 1.94 bits per heavy atom. The fourth-order valence-corrected chi connectivity index (χ4v) is 1.66.